The van der Waals surface area contributed by atoms with Crippen LogP contribution in [-0.4, -0.2) is 43.4 Å². The van der Waals surface area contributed by atoms with E-state index >= 15 is 0 Å². The molecule has 1 aliphatic heterocycles. The average molecular weight is 185 g/mol. The Morgan fingerprint density at radius 3 is 2.92 bits per heavy atom. The summed E-state index contributed by atoms with van der Waals surface area (Å²) in [7, 11) is 1.63. The molecule has 0 atom stereocenters. The first-order chi connectivity index (χ1) is 6.25. The summed E-state index contributed by atoms with van der Waals surface area (Å²) < 4.78 is 4.87. The highest BCUT2D eigenvalue weighted by Gasteiger charge is 2.25. The number of methoxy groups -OCH3 is 1. The van der Waals surface area contributed by atoms with Crippen molar-refractivity contribution in [1.82, 2.24) is 4.90 Å². The third-order valence-electron chi connectivity index (χ3n) is 2.13. The lowest BCUT2D eigenvalue weighted by molar-refractivity contribution is -0.147. The fraction of sp³-hybridized carbons (Fsp3) is 0.778. The number of carbonyl (C=O) groups is 2. The van der Waals surface area contributed by atoms with Crippen LogP contribution in [0.5, 0.6) is 0 Å². The van der Waals surface area contributed by atoms with Gasteiger partial charge in [-0.2, -0.15) is 0 Å². The summed E-state index contributed by atoms with van der Waals surface area (Å²) in [5.41, 5.74) is 0. The van der Waals surface area contributed by atoms with Gasteiger partial charge in [0, 0.05) is 33.2 Å². The summed E-state index contributed by atoms with van der Waals surface area (Å²) in [6.07, 6.45) is 2.02. The Labute approximate surface area is 77.8 Å². The van der Waals surface area contributed by atoms with E-state index in [2.05, 4.69) is 0 Å². The zero-order chi connectivity index (χ0) is 9.68. The molecule has 0 radical (unpaired) electrons. The average Bonchev–Trinajstić information content (AvgIpc) is 2.13. The number of likely N-dealkylation sites (tertiary alicyclic amines) is 1. The standard InChI is InChI=1S/C9H15NO3/c1-13-7-3-6-10-5-2-4-8(11)9(10)12/h2-7H2,1H3. The van der Waals surface area contributed by atoms with E-state index < -0.39 is 0 Å². The molecule has 1 heterocycles. The Balaban J connectivity index is 2.31. The van der Waals surface area contributed by atoms with Crippen LogP contribution in [0, 0.1) is 0 Å². The third kappa shape index (κ3) is 2.81. The SMILES string of the molecule is COCCCN1CCCC(=O)C1=O. The molecule has 1 rings (SSSR count). The molecule has 0 aromatic carbocycles. The largest absolute Gasteiger partial charge is 0.385 e. The molecule has 4 heteroatoms. The molecule has 0 aliphatic carbocycles. The van der Waals surface area contributed by atoms with Crippen molar-refractivity contribution in [3.63, 3.8) is 0 Å². The van der Waals surface area contributed by atoms with E-state index in [1.165, 1.54) is 0 Å². The number of hydrogen-bond donors (Lipinski definition) is 0. The molecule has 0 aromatic heterocycles. The molecular formula is C9H15NO3. The van der Waals surface area contributed by atoms with Crippen molar-refractivity contribution in [2.24, 2.45) is 0 Å². The predicted molar refractivity (Wildman–Crippen MR) is 47.3 cm³/mol. The van der Waals surface area contributed by atoms with Crippen LogP contribution in [0.3, 0.4) is 0 Å². The number of hydrogen-bond acceptors (Lipinski definition) is 3. The zero-order valence-electron chi connectivity index (χ0n) is 7.91. The van der Waals surface area contributed by atoms with Gasteiger partial charge in [-0.1, -0.05) is 0 Å². The highest BCUT2D eigenvalue weighted by atomic mass is 16.5. The van der Waals surface area contributed by atoms with E-state index in [1.807, 2.05) is 0 Å². The number of amides is 1. The molecule has 1 saturated heterocycles. The lowest BCUT2D eigenvalue weighted by atomic mass is 10.1. The van der Waals surface area contributed by atoms with Crippen LogP contribution in [0.1, 0.15) is 19.3 Å². The molecule has 0 spiro atoms. The maximum Gasteiger partial charge on any atom is 0.289 e. The van der Waals surface area contributed by atoms with Crippen molar-refractivity contribution < 1.29 is 14.3 Å². The predicted octanol–water partition coefficient (Wildman–Crippen LogP) is 0.214. The van der Waals surface area contributed by atoms with Crippen molar-refractivity contribution in [1.29, 1.82) is 0 Å². The molecule has 13 heavy (non-hydrogen) atoms. The zero-order valence-corrected chi connectivity index (χ0v) is 7.91. The number of ether oxygens (including phenoxy) is 1. The molecular weight excluding hydrogens is 170 g/mol. The first-order valence-electron chi connectivity index (χ1n) is 4.56. The molecule has 1 amide bonds. The van der Waals surface area contributed by atoms with Gasteiger partial charge in [-0.25, -0.2) is 0 Å². The lowest BCUT2D eigenvalue weighted by Gasteiger charge is -2.25. The molecule has 1 aliphatic rings. The summed E-state index contributed by atoms with van der Waals surface area (Å²) in [6, 6.07) is 0. The molecule has 0 unspecified atom stereocenters. The molecule has 0 N–H and O–H groups in total. The minimum atomic E-state index is -0.317. The van der Waals surface area contributed by atoms with Crippen LogP contribution in [0.15, 0.2) is 0 Å². The third-order valence-corrected chi connectivity index (χ3v) is 2.13. The fourth-order valence-corrected chi connectivity index (χ4v) is 1.43. The van der Waals surface area contributed by atoms with Gasteiger partial charge in [-0.15, -0.1) is 0 Å². The summed E-state index contributed by atoms with van der Waals surface area (Å²) in [6.45, 7) is 1.99. The number of rotatable bonds is 4. The van der Waals surface area contributed by atoms with E-state index in [1.54, 1.807) is 12.0 Å². The monoisotopic (exact) mass is 185 g/mol. The quantitative estimate of drug-likeness (QED) is 0.465. The van der Waals surface area contributed by atoms with Gasteiger partial charge in [0.1, 0.15) is 0 Å². The lowest BCUT2D eigenvalue weighted by Crippen LogP contribution is -2.42. The van der Waals surface area contributed by atoms with Crippen molar-refractivity contribution in [3.8, 4) is 0 Å². The molecule has 4 nitrogen and oxygen atoms in total. The Morgan fingerprint density at radius 1 is 1.46 bits per heavy atom. The van der Waals surface area contributed by atoms with Gasteiger partial charge in [0.05, 0.1) is 0 Å². The van der Waals surface area contributed by atoms with Crippen LogP contribution >= 0.6 is 0 Å². The second kappa shape index (κ2) is 4.97. The minimum absolute atomic E-state index is 0.247. The fourth-order valence-electron chi connectivity index (χ4n) is 1.43. The Morgan fingerprint density at radius 2 is 2.23 bits per heavy atom. The number of ketones is 1. The van der Waals surface area contributed by atoms with Gasteiger partial charge in [-0.3, -0.25) is 9.59 Å². The van der Waals surface area contributed by atoms with Gasteiger partial charge in [0.15, 0.2) is 0 Å². The van der Waals surface area contributed by atoms with Crippen LogP contribution in [0.25, 0.3) is 0 Å². The first kappa shape index (κ1) is 10.2. The number of carbonyl (C=O) groups excluding carboxylic acids is 2. The van der Waals surface area contributed by atoms with Crippen molar-refractivity contribution in [3.05, 3.63) is 0 Å². The van der Waals surface area contributed by atoms with Crippen LogP contribution in [-0.2, 0) is 14.3 Å². The Hall–Kier alpha value is -0.900. The second-order valence-electron chi connectivity index (χ2n) is 3.17. The molecule has 74 valence electrons. The van der Waals surface area contributed by atoms with Gasteiger partial charge < -0.3 is 9.64 Å². The van der Waals surface area contributed by atoms with E-state index in [-0.39, 0.29) is 11.7 Å². The molecule has 0 bridgehead atoms. The Bertz CT molecular complexity index is 203. The van der Waals surface area contributed by atoms with Crippen molar-refractivity contribution in [2.45, 2.75) is 19.3 Å². The maximum atomic E-state index is 11.3. The van der Waals surface area contributed by atoms with Crippen LogP contribution in [0.2, 0.25) is 0 Å². The normalized spacial score (nSPS) is 18.1. The number of piperidine rings is 1. The topological polar surface area (TPSA) is 46.6 Å². The second-order valence-corrected chi connectivity index (χ2v) is 3.17. The van der Waals surface area contributed by atoms with E-state index in [9.17, 15) is 9.59 Å². The maximum absolute atomic E-state index is 11.3. The Kier molecular flexibility index (Phi) is 3.89. The van der Waals surface area contributed by atoms with Gasteiger partial charge in [-0.05, 0) is 12.8 Å². The highest BCUT2D eigenvalue weighted by Crippen LogP contribution is 2.07. The molecule has 0 aromatic rings. The van der Waals surface area contributed by atoms with Crippen LogP contribution in [0.4, 0.5) is 0 Å². The smallest absolute Gasteiger partial charge is 0.289 e. The van der Waals surface area contributed by atoms with Crippen molar-refractivity contribution >= 4 is 11.7 Å². The highest BCUT2D eigenvalue weighted by molar-refractivity contribution is 6.36. The summed E-state index contributed by atoms with van der Waals surface area (Å²) >= 11 is 0. The van der Waals surface area contributed by atoms with Gasteiger partial charge in [0.25, 0.3) is 5.91 Å². The summed E-state index contributed by atoms with van der Waals surface area (Å²) in [5, 5.41) is 0. The first-order valence-corrected chi connectivity index (χ1v) is 4.56. The summed E-state index contributed by atoms with van der Waals surface area (Å²) in [4.78, 5) is 23.9. The van der Waals surface area contributed by atoms with Crippen molar-refractivity contribution in [2.75, 3.05) is 26.8 Å². The van der Waals surface area contributed by atoms with Crippen LogP contribution < -0.4 is 0 Å². The van der Waals surface area contributed by atoms with Gasteiger partial charge in [0.2, 0.25) is 5.78 Å². The minimum Gasteiger partial charge on any atom is -0.385 e. The number of nitrogens with zero attached hydrogens (tertiary/aromatic N) is 1. The number of Topliss-reactive ketones (excluding diaryl/α,β-unsaturated/α-hetero) is 1. The van der Waals surface area contributed by atoms with E-state index in [4.69, 9.17) is 4.74 Å². The van der Waals surface area contributed by atoms with Gasteiger partial charge >= 0.3 is 0 Å². The molecule has 0 saturated carbocycles. The summed E-state index contributed by atoms with van der Waals surface area (Å²) in [5.74, 6) is -0.564. The van der Waals surface area contributed by atoms with E-state index in [0.717, 1.165) is 12.8 Å². The van der Waals surface area contributed by atoms with E-state index in [0.29, 0.717) is 26.1 Å². The molecule has 1 fully saturated rings.